The molecular weight excluding hydrogens is 188 g/mol. The smallest absolute Gasteiger partial charge is 0.134 e. The summed E-state index contributed by atoms with van der Waals surface area (Å²) < 4.78 is 5.59. The Labute approximate surface area is 89.5 Å². The van der Waals surface area contributed by atoms with E-state index in [1.165, 1.54) is 5.56 Å². The van der Waals surface area contributed by atoms with Gasteiger partial charge >= 0.3 is 0 Å². The first-order valence-corrected chi connectivity index (χ1v) is 5.39. The van der Waals surface area contributed by atoms with Crippen LogP contribution in [0, 0.1) is 6.92 Å². The highest BCUT2D eigenvalue weighted by Crippen LogP contribution is 2.26. The second-order valence-electron chi connectivity index (χ2n) is 3.99. The molecule has 0 radical (unpaired) electrons. The largest absolute Gasteiger partial charge is 0.458 e. The zero-order chi connectivity index (χ0) is 10.8. The SMILES string of the molecule is CCCC(O)c1cc2cc(C)ccc2o1. The fourth-order valence-corrected chi connectivity index (χ4v) is 1.76. The molecule has 1 aromatic carbocycles. The number of hydrogen-bond donors (Lipinski definition) is 1. The second kappa shape index (κ2) is 4.07. The van der Waals surface area contributed by atoms with Crippen molar-refractivity contribution in [3.63, 3.8) is 0 Å². The van der Waals surface area contributed by atoms with E-state index in [1.54, 1.807) is 0 Å². The van der Waals surface area contributed by atoms with Gasteiger partial charge in [-0.1, -0.05) is 25.0 Å². The minimum Gasteiger partial charge on any atom is -0.458 e. The normalized spacial score (nSPS) is 13.3. The summed E-state index contributed by atoms with van der Waals surface area (Å²) >= 11 is 0. The maximum atomic E-state index is 9.80. The molecule has 0 aliphatic heterocycles. The third-order valence-electron chi connectivity index (χ3n) is 2.58. The molecule has 1 atom stereocenters. The Kier molecular flexibility index (Phi) is 2.78. The predicted molar refractivity (Wildman–Crippen MR) is 60.8 cm³/mol. The predicted octanol–water partition coefficient (Wildman–Crippen LogP) is 3.57. The van der Waals surface area contributed by atoms with Crippen molar-refractivity contribution in [3.8, 4) is 0 Å². The van der Waals surface area contributed by atoms with Gasteiger partial charge in [-0.2, -0.15) is 0 Å². The van der Waals surface area contributed by atoms with Gasteiger partial charge in [-0.05, 0) is 31.5 Å². The minimum atomic E-state index is -0.470. The lowest BCUT2D eigenvalue weighted by molar-refractivity contribution is 0.141. The van der Waals surface area contributed by atoms with Gasteiger partial charge in [0, 0.05) is 5.39 Å². The highest BCUT2D eigenvalue weighted by molar-refractivity contribution is 5.78. The van der Waals surface area contributed by atoms with Crippen molar-refractivity contribution in [1.82, 2.24) is 0 Å². The average Bonchev–Trinajstić information content (AvgIpc) is 2.60. The Morgan fingerprint density at radius 3 is 2.87 bits per heavy atom. The molecule has 0 aliphatic rings. The first kappa shape index (κ1) is 10.2. The fourth-order valence-electron chi connectivity index (χ4n) is 1.76. The van der Waals surface area contributed by atoms with Crippen LogP contribution in [0.5, 0.6) is 0 Å². The van der Waals surface area contributed by atoms with Crippen molar-refractivity contribution in [1.29, 1.82) is 0 Å². The number of aliphatic hydroxyl groups is 1. The molecule has 1 N–H and O–H groups in total. The average molecular weight is 204 g/mol. The van der Waals surface area contributed by atoms with Crippen LogP contribution in [0.1, 0.15) is 37.2 Å². The number of aryl methyl sites for hydroxylation is 1. The van der Waals surface area contributed by atoms with Crippen LogP contribution >= 0.6 is 0 Å². The molecule has 0 amide bonds. The summed E-state index contributed by atoms with van der Waals surface area (Å²) in [5, 5.41) is 10.9. The van der Waals surface area contributed by atoms with Gasteiger partial charge in [-0.25, -0.2) is 0 Å². The van der Waals surface area contributed by atoms with E-state index in [4.69, 9.17) is 4.42 Å². The summed E-state index contributed by atoms with van der Waals surface area (Å²) in [6, 6.07) is 7.97. The third-order valence-corrected chi connectivity index (χ3v) is 2.58. The van der Waals surface area contributed by atoms with Crippen molar-refractivity contribution >= 4 is 11.0 Å². The van der Waals surface area contributed by atoms with Crippen LogP contribution in [-0.4, -0.2) is 5.11 Å². The monoisotopic (exact) mass is 204 g/mol. The van der Waals surface area contributed by atoms with Gasteiger partial charge in [0.1, 0.15) is 17.4 Å². The summed E-state index contributed by atoms with van der Waals surface area (Å²) in [5.41, 5.74) is 2.06. The number of furan rings is 1. The third kappa shape index (κ3) is 2.05. The number of hydrogen-bond acceptors (Lipinski definition) is 2. The quantitative estimate of drug-likeness (QED) is 0.829. The number of benzene rings is 1. The summed E-state index contributed by atoms with van der Waals surface area (Å²) in [4.78, 5) is 0. The van der Waals surface area contributed by atoms with E-state index in [1.807, 2.05) is 18.2 Å². The highest BCUT2D eigenvalue weighted by Gasteiger charge is 2.11. The van der Waals surface area contributed by atoms with E-state index < -0.39 is 6.10 Å². The van der Waals surface area contributed by atoms with E-state index in [0.717, 1.165) is 23.8 Å². The standard InChI is InChI=1S/C13H16O2/c1-3-4-11(14)13-8-10-7-9(2)5-6-12(10)15-13/h5-8,11,14H,3-4H2,1-2H3. The van der Waals surface area contributed by atoms with Crippen molar-refractivity contribution in [3.05, 3.63) is 35.6 Å². The molecule has 2 heteroatoms. The van der Waals surface area contributed by atoms with E-state index in [-0.39, 0.29) is 0 Å². The molecular formula is C13H16O2. The summed E-state index contributed by atoms with van der Waals surface area (Å²) in [6.07, 6.45) is 1.23. The van der Waals surface area contributed by atoms with Crippen molar-refractivity contribution in [2.45, 2.75) is 32.8 Å². The Bertz CT molecular complexity index is 457. The Hall–Kier alpha value is -1.28. The van der Waals surface area contributed by atoms with E-state index >= 15 is 0 Å². The van der Waals surface area contributed by atoms with Gasteiger partial charge in [0.15, 0.2) is 0 Å². The minimum absolute atomic E-state index is 0.470. The molecule has 0 fully saturated rings. The molecule has 0 spiro atoms. The van der Waals surface area contributed by atoms with Crippen molar-refractivity contribution < 1.29 is 9.52 Å². The molecule has 2 aromatic rings. The Morgan fingerprint density at radius 1 is 1.33 bits per heavy atom. The molecule has 0 aliphatic carbocycles. The molecule has 1 unspecified atom stereocenters. The van der Waals surface area contributed by atoms with Gasteiger partial charge in [0.05, 0.1) is 0 Å². The zero-order valence-electron chi connectivity index (χ0n) is 9.16. The van der Waals surface area contributed by atoms with Gasteiger partial charge < -0.3 is 9.52 Å². The van der Waals surface area contributed by atoms with Gasteiger partial charge in [0.2, 0.25) is 0 Å². The molecule has 2 rings (SSSR count). The first-order valence-electron chi connectivity index (χ1n) is 5.39. The van der Waals surface area contributed by atoms with Crippen LogP contribution in [0.25, 0.3) is 11.0 Å². The van der Waals surface area contributed by atoms with E-state index in [2.05, 4.69) is 19.9 Å². The maximum Gasteiger partial charge on any atom is 0.134 e. The van der Waals surface area contributed by atoms with Gasteiger partial charge in [0.25, 0.3) is 0 Å². The van der Waals surface area contributed by atoms with Crippen LogP contribution in [0.2, 0.25) is 0 Å². The Morgan fingerprint density at radius 2 is 2.13 bits per heavy atom. The fraction of sp³-hybridized carbons (Fsp3) is 0.385. The summed E-state index contributed by atoms with van der Waals surface area (Å²) in [5.74, 6) is 0.678. The molecule has 15 heavy (non-hydrogen) atoms. The molecule has 0 saturated heterocycles. The number of aliphatic hydroxyl groups excluding tert-OH is 1. The highest BCUT2D eigenvalue weighted by atomic mass is 16.4. The number of fused-ring (bicyclic) bond motifs is 1. The van der Waals surface area contributed by atoms with Crippen LogP contribution in [-0.2, 0) is 0 Å². The zero-order valence-corrected chi connectivity index (χ0v) is 9.16. The van der Waals surface area contributed by atoms with Crippen LogP contribution in [0.3, 0.4) is 0 Å². The van der Waals surface area contributed by atoms with Crippen molar-refractivity contribution in [2.75, 3.05) is 0 Å². The first-order chi connectivity index (χ1) is 7.20. The van der Waals surface area contributed by atoms with Crippen LogP contribution < -0.4 is 0 Å². The number of rotatable bonds is 3. The lowest BCUT2D eigenvalue weighted by atomic mass is 10.1. The lowest BCUT2D eigenvalue weighted by Gasteiger charge is -2.03. The molecule has 1 aromatic heterocycles. The lowest BCUT2D eigenvalue weighted by Crippen LogP contribution is -1.93. The second-order valence-corrected chi connectivity index (χ2v) is 3.99. The van der Waals surface area contributed by atoms with Crippen LogP contribution in [0.15, 0.2) is 28.7 Å². The summed E-state index contributed by atoms with van der Waals surface area (Å²) in [6.45, 7) is 4.10. The van der Waals surface area contributed by atoms with E-state index in [0.29, 0.717) is 5.76 Å². The van der Waals surface area contributed by atoms with Gasteiger partial charge in [-0.3, -0.25) is 0 Å². The van der Waals surface area contributed by atoms with E-state index in [9.17, 15) is 5.11 Å². The topological polar surface area (TPSA) is 33.4 Å². The Balaban J connectivity index is 2.38. The van der Waals surface area contributed by atoms with Gasteiger partial charge in [-0.15, -0.1) is 0 Å². The molecule has 0 bridgehead atoms. The molecule has 2 nitrogen and oxygen atoms in total. The molecule has 0 saturated carbocycles. The van der Waals surface area contributed by atoms with Crippen molar-refractivity contribution in [2.24, 2.45) is 0 Å². The van der Waals surface area contributed by atoms with Crippen LogP contribution in [0.4, 0.5) is 0 Å². The molecule has 80 valence electrons. The summed E-state index contributed by atoms with van der Waals surface area (Å²) in [7, 11) is 0. The maximum absolute atomic E-state index is 9.80. The molecule has 1 heterocycles.